The Morgan fingerprint density at radius 2 is 1.42 bits per heavy atom. The van der Waals surface area contributed by atoms with Gasteiger partial charge in [0.15, 0.2) is 5.60 Å². The quantitative estimate of drug-likeness (QED) is 0.730. The zero-order chi connectivity index (χ0) is 16.8. The smallest absolute Gasteiger partial charge is 0.176 e. The Morgan fingerprint density at radius 1 is 0.833 bits per heavy atom. The summed E-state index contributed by atoms with van der Waals surface area (Å²) >= 11 is 0. The molecule has 1 aromatic heterocycles. The maximum absolute atomic E-state index is 11.2. The number of pyridine rings is 1. The molecule has 0 radical (unpaired) electrons. The van der Waals surface area contributed by atoms with Gasteiger partial charge < -0.3 is 10.2 Å². The van der Waals surface area contributed by atoms with Gasteiger partial charge in [-0.1, -0.05) is 78.6 Å². The molecule has 0 aliphatic carbocycles. The third-order valence-electron chi connectivity index (χ3n) is 3.77. The molecule has 0 saturated heterocycles. The lowest BCUT2D eigenvalue weighted by atomic mass is 9.86. The Bertz CT molecular complexity index is 797. The molecular weight excluding hydrogens is 298 g/mol. The zero-order valence-corrected chi connectivity index (χ0v) is 13.0. The fourth-order valence-corrected chi connectivity index (χ4v) is 2.46. The minimum absolute atomic E-state index is 0.591. The van der Waals surface area contributed by atoms with Crippen molar-refractivity contribution in [3.05, 3.63) is 102 Å². The maximum Gasteiger partial charge on any atom is 0.176 e. The molecule has 24 heavy (non-hydrogen) atoms. The van der Waals surface area contributed by atoms with Gasteiger partial charge in [0.05, 0.1) is 0 Å². The van der Waals surface area contributed by atoms with Crippen molar-refractivity contribution in [1.82, 2.24) is 4.98 Å². The van der Waals surface area contributed by atoms with E-state index >= 15 is 0 Å². The minimum Gasteiger partial charge on any atom is -0.376 e. The van der Waals surface area contributed by atoms with Crippen LogP contribution in [0.15, 0.2) is 85.2 Å². The summed E-state index contributed by atoms with van der Waals surface area (Å²) in [5, 5.41) is 21.5. The number of hydrogen-bond acceptors (Lipinski definition) is 3. The normalized spacial score (nSPS) is 12.1. The van der Waals surface area contributed by atoms with Crippen LogP contribution in [0.1, 0.15) is 22.8 Å². The predicted molar refractivity (Wildman–Crippen MR) is 92.9 cm³/mol. The van der Waals surface area contributed by atoms with Crippen LogP contribution >= 0.6 is 0 Å². The molecular formula is C21H17NO2. The van der Waals surface area contributed by atoms with Crippen molar-refractivity contribution in [3.8, 4) is 11.8 Å². The van der Waals surface area contributed by atoms with Crippen LogP contribution in [-0.2, 0) is 5.60 Å². The first-order valence-electron chi connectivity index (χ1n) is 7.64. The molecule has 0 saturated carbocycles. The average Bonchev–Trinajstić information content (AvgIpc) is 2.68. The molecule has 3 aromatic rings. The molecule has 2 aromatic carbocycles. The Labute approximate surface area is 141 Å². The molecule has 0 aliphatic rings. The van der Waals surface area contributed by atoms with Crippen LogP contribution in [-0.4, -0.2) is 15.2 Å². The molecule has 3 heteroatoms. The topological polar surface area (TPSA) is 53.4 Å². The lowest BCUT2D eigenvalue weighted by Crippen LogP contribution is -2.25. The SMILES string of the molecule is OC(C#CC(O)(c1ccccc1)c1ccccc1)c1cccnc1. The molecule has 0 bridgehead atoms. The van der Waals surface area contributed by atoms with E-state index < -0.39 is 11.7 Å². The summed E-state index contributed by atoms with van der Waals surface area (Å²) in [5.74, 6) is 5.61. The van der Waals surface area contributed by atoms with Gasteiger partial charge in [0.25, 0.3) is 0 Å². The summed E-state index contributed by atoms with van der Waals surface area (Å²) < 4.78 is 0. The second-order valence-electron chi connectivity index (χ2n) is 5.40. The fourth-order valence-electron chi connectivity index (χ4n) is 2.46. The Balaban J connectivity index is 2.03. The first-order valence-corrected chi connectivity index (χ1v) is 7.64. The van der Waals surface area contributed by atoms with Crippen molar-refractivity contribution >= 4 is 0 Å². The number of rotatable bonds is 3. The molecule has 0 aliphatic heterocycles. The Morgan fingerprint density at radius 3 is 1.92 bits per heavy atom. The van der Waals surface area contributed by atoms with Gasteiger partial charge in [0, 0.05) is 29.1 Å². The first-order chi connectivity index (χ1) is 11.7. The number of hydrogen-bond donors (Lipinski definition) is 2. The van der Waals surface area contributed by atoms with E-state index in [1.165, 1.54) is 0 Å². The van der Waals surface area contributed by atoms with Gasteiger partial charge >= 0.3 is 0 Å². The van der Waals surface area contributed by atoms with Gasteiger partial charge in [0.2, 0.25) is 0 Å². The highest BCUT2D eigenvalue weighted by molar-refractivity contribution is 5.45. The molecule has 1 unspecified atom stereocenters. The van der Waals surface area contributed by atoms with Crippen LogP contribution in [0.2, 0.25) is 0 Å². The molecule has 0 spiro atoms. The van der Waals surface area contributed by atoms with Crippen LogP contribution in [0.4, 0.5) is 0 Å². The summed E-state index contributed by atoms with van der Waals surface area (Å²) in [6.45, 7) is 0. The standard InChI is InChI=1S/C21H17NO2/c23-20(17-8-7-15-22-16-17)13-14-21(24,18-9-3-1-4-10-18)19-11-5-2-6-12-19/h1-12,15-16,20,23-24H. The molecule has 1 atom stereocenters. The average molecular weight is 315 g/mol. The van der Waals surface area contributed by atoms with E-state index in [0.29, 0.717) is 16.7 Å². The summed E-state index contributed by atoms with van der Waals surface area (Å²) in [5.41, 5.74) is 0.406. The summed E-state index contributed by atoms with van der Waals surface area (Å²) in [6.07, 6.45) is 2.18. The third kappa shape index (κ3) is 3.36. The van der Waals surface area contributed by atoms with Gasteiger partial charge in [-0.15, -0.1) is 0 Å². The Hall–Kier alpha value is -2.93. The van der Waals surface area contributed by atoms with Crippen LogP contribution in [0.25, 0.3) is 0 Å². The second kappa shape index (κ2) is 7.10. The van der Waals surface area contributed by atoms with E-state index in [-0.39, 0.29) is 0 Å². The maximum atomic E-state index is 11.2. The van der Waals surface area contributed by atoms with Crippen molar-refractivity contribution in [2.75, 3.05) is 0 Å². The summed E-state index contributed by atoms with van der Waals surface area (Å²) in [4.78, 5) is 3.98. The fraction of sp³-hybridized carbons (Fsp3) is 0.0952. The van der Waals surface area contributed by atoms with E-state index in [2.05, 4.69) is 16.8 Å². The molecule has 2 N–H and O–H groups in total. The molecule has 118 valence electrons. The molecule has 0 fully saturated rings. The largest absolute Gasteiger partial charge is 0.376 e. The highest BCUT2D eigenvalue weighted by Crippen LogP contribution is 2.29. The zero-order valence-electron chi connectivity index (χ0n) is 13.0. The van der Waals surface area contributed by atoms with Crippen LogP contribution in [0.3, 0.4) is 0 Å². The number of nitrogens with zero attached hydrogens (tertiary/aromatic N) is 1. The Kier molecular flexibility index (Phi) is 4.72. The molecule has 3 nitrogen and oxygen atoms in total. The molecule has 0 amide bonds. The van der Waals surface area contributed by atoms with Crippen LogP contribution in [0.5, 0.6) is 0 Å². The van der Waals surface area contributed by atoms with Gasteiger partial charge in [-0.2, -0.15) is 0 Å². The molecule has 3 rings (SSSR count). The van der Waals surface area contributed by atoms with E-state index in [1.807, 2.05) is 60.7 Å². The van der Waals surface area contributed by atoms with Crippen LogP contribution in [0, 0.1) is 11.8 Å². The number of aliphatic hydroxyl groups is 2. The highest BCUT2D eigenvalue weighted by Gasteiger charge is 2.29. The third-order valence-corrected chi connectivity index (χ3v) is 3.77. The minimum atomic E-state index is -1.49. The van der Waals surface area contributed by atoms with Crippen molar-refractivity contribution < 1.29 is 10.2 Å². The monoisotopic (exact) mass is 315 g/mol. The number of benzene rings is 2. The van der Waals surface area contributed by atoms with E-state index in [9.17, 15) is 10.2 Å². The van der Waals surface area contributed by atoms with Crippen molar-refractivity contribution in [2.24, 2.45) is 0 Å². The van der Waals surface area contributed by atoms with E-state index in [0.717, 1.165) is 0 Å². The van der Waals surface area contributed by atoms with Crippen molar-refractivity contribution in [1.29, 1.82) is 0 Å². The second-order valence-corrected chi connectivity index (χ2v) is 5.40. The highest BCUT2D eigenvalue weighted by atomic mass is 16.3. The van der Waals surface area contributed by atoms with Crippen LogP contribution < -0.4 is 0 Å². The van der Waals surface area contributed by atoms with Gasteiger partial charge in [0.1, 0.15) is 6.10 Å². The van der Waals surface area contributed by atoms with Crippen molar-refractivity contribution in [3.63, 3.8) is 0 Å². The summed E-state index contributed by atoms with van der Waals surface area (Å²) in [7, 11) is 0. The van der Waals surface area contributed by atoms with Gasteiger partial charge in [-0.05, 0) is 6.07 Å². The lowest BCUT2D eigenvalue weighted by molar-refractivity contribution is 0.144. The summed E-state index contributed by atoms with van der Waals surface area (Å²) in [6, 6.07) is 21.9. The van der Waals surface area contributed by atoms with Gasteiger partial charge in [-0.3, -0.25) is 4.98 Å². The number of aromatic nitrogens is 1. The molecule has 1 heterocycles. The van der Waals surface area contributed by atoms with Gasteiger partial charge in [-0.25, -0.2) is 0 Å². The lowest BCUT2D eigenvalue weighted by Gasteiger charge is -2.23. The number of aliphatic hydroxyl groups excluding tert-OH is 1. The van der Waals surface area contributed by atoms with E-state index in [4.69, 9.17) is 0 Å². The first kappa shape index (κ1) is 15.9. The predicted octanol–water partition coefficient (Wildman–Crippen LogP) is 3.05. The van der Waals surface area contributed by atoms with Crippen molar-refractivity contribution in [2.45, 2.75) is 11.7 Å². The van der Waals surface area contributed by atoms with E-state index in [1.54, 1.807) is 24.5 Å².